The van der Waals surface area contributed by atoms with Crippen molar-refractivity contribution in [2.45, 2.75) is 6.54 Å². The molecule has 0 spiro atoms. The maximum Gasteiger partial charge on any atom is 0.327 e. The zero-order valence-corrected chi connectivity index (χ0v) is 14.9. The summed E-state index contributed by atoms with van der Waals surface area (Å²) in [5.41, 5.74) is 3.48. The number of imidazole rings is 1. The van der Waals surface area contributed by atoms with Crippen LogP contribution in [0.5, 0.6) is 5.75 Å². The lowest BCUT2D eigenvalue weighted by Gasteiger charge is -2.09. The molecule has 0 aliphatic heterocycles. The maximum absolute atomic E-state index is 13.5. The van der Waals surface area contributed by atoms with E-state index in [1.165, 1.54) is 19.2 Å². The van der Waals surface area contributed by atoms with Gasteiger partial charge in [0.1, 0.15) is 11.6 Å². The fourth-order valence-electron chi connectivity index (χ4n) is 3.16. The second-order valence-electron chi connectivity index (χ2n) is 6.26. The van der Waals surface area contributed by atoms with Crippen LogP contribution >= 0.6 is 0 Å². The van der Waals surface area contributed by atoms with Crippen molar-refractivity contribution < 1.29 is 9.13 Å². The molecular weight excluding hydrogens is 359 g/mol. The molecule has 4 aromatic rings. The Kier molecular flexibility index (Phi) is 4.38. The molecule has 2 aromatic carbocycles. The summed E-state index contributed by atoms with van der Waals surface area (Å²) in [5.74, 6) is -0.0159. The van der Waals surface area contributed by atoms with Crippen LogP contribution in [0.1, 0.15) is 11.1 Å². The van der Waals surface area contributed by atoms with E-state index in [0.717, 1.165) is 5.56 Å². The summed E-state index contributed by atoms with van der Waals surface area (Å²) in [7, 11) is 1.47. The molecule has 0 saturated carbocycles. The SMILES string of the molecule is COc1cc(F)ccc1-c1cnc2[nH]c(=O)n(Cc3cccc(C#N)c3)c2c1. The molecule has 0 bridgehead atoms. The Balaban J connectivity index is 1.83. The van der Waals surface area contributed by atoms with E-state index in [1.54, 1.807) is 35.0 Å². The van der Waals surface area contributed by atoms with Crippen LogP contribution < -0.4 is 10.4 Å². The predicted octanol–water partition coefficient (Wildman–Crippen LogP) is 3.46. The second kappa shape index (κ2) is 7.00. The summed E-state index contributed by atoms with van der Waals surface area (Å²) in [4.78, 5) is 19.5. The first kappa shape index (κ1) is 17.5. The van der Waals surface area contributed by atoms with Gasteiger partial charge in [0.05, 0.1) is 30.8 Å². The molecule has 2 aromatic heterocycles. The minimum Gasteiger partial charge on any atom is -0.496 e. The number of nitriles is 1. The third-order valence-electron chi connectivity index (χ3n) is 4.50. The number of halogens is 1. The average Bonchev–Trinajstić information content (AvgIpc) is 3.02. The van der Waals surface area contributed by atoms with Gasteiger partial charge < -0.3 is 4.74 Å². The van der Waals surface area contributed by atoms with Gasteiger partial charge in [-0.25, -0.2) is 14.2 Å². The van der Waals surface area contributed by atoms with Crippen LogP contribution in [-0.4, -0.2) is 21.6 Å². The predicted molar refractivity (Wildman–Crippen MR) is 103 cm³/mol. The summed E-state index contributed by atoms with van der Waals surface area (Å²) in [6.45, 7) is 0.292. The lowest BCUT2D eigenvalue weighted by molar-refractivity contribution is 0.413. The standard InChI is InChI=1S/C21H15FN4O2/c1-28-19-9-16(22)5-6-17(19)15-8-18-20(24-11-15)25-21(27)26(18)12-14-4-2-3-13(7-14)10-23/h2-9,11H,12H2,1H3,(H,24,25,27). The number of hydrogen-bond acceptors (Lipinski definition) is 4. The van der Waals surface area contributed by atoms with Crippen LogP contribution in [0, 0.1) is 17.1 Å². The summed E-state index contributed by atoms with van der Waals surface area (Å²) >= 11 is 0. The number of pyridine rings is 1. The molecule has 6 nitrogen and oxygen atoms in total. The van der Waals surface area contributed by atoms with Crippen molar-refractivity contribution in [1.82, 2.24) is 14.5 Å². The lowest BCUT2D eigenvalue weighted by atomic mass is 10.1. The van der Waals surface area contributed by atoms with E-state index >= 15 is 0 Å². The Morgan fingerprint density at radius 1 is 1.25 bits per heavy atom. The van der Waals surface area contributed by atoms with Gasteiger partial charge in [-0.05, 0) is 35.9 Å². The summed E-state index contributed by atoms with van der Waals surface area (Å²) in [5, 5.41) is 9.07. The van der Waals surface area contributed by atoms with Crippen LogP contribution in [-0.2, 0) is 6.54 Å². The van der Waals surface area contributed by atoms with Gasteiger partial charge in [-0.2, -0.15) is 5.26 Å². The highest BCUT2D eigenvalue weighted by Gasteiger charge is 2.13. The molecule has 0 fully saturated rings. The molecule has 0 radical (unpaired) electrons. The summed E-state index contributed by atoms with van der Waals surface area (Å²) in [6, 6.07) is 15.3. The molecule has 0 saturated heterocycles. The van der Waals surface area contributed by atoms with Gasteiger partial charge in [-0.3, -0.25) is 9.55 Å². The third kappa shape index (κ3) is 3.12. The molecule has 7 heteroatoms. The number of hydrogen-bond donors (Lipinski definition) is 1. The third-order valence-corrected chi connectivity index (χ3v) is 4.50. The van der Waals surface area contributed by atoms with E-state index in [9.17, 15) is 9.18 Å². The van der Waals surface area contributed by atoms with Crippen molar-refractivity contribution in [3.05, 3.63) is 82.2 Å². The van der Waals surface area contributed by atoms with Crippen molar-refractivity contribution >= 4 is 11.2 Å². The Bertz CT molecular complexity index is 1280. The molecule has 0 atom stereocenters. The van der Waals surface area contributed by atoms with Crippen LogP contribution in [0.4, 0.5) is 4.39 Å². The first-order chi connectivity index (χ1) is 13.6. The molecule has 0 amide bonds. The number of rotatable bonds is 4. The molecule has 0 aliphatic carbocycles. The molecule has 0 aliphatic rings. The normalized spacial score (nSPS) is 10.8. The van der Waals surface area contributed by atoms with Gasteiger partial charge >= 0.3 is 5.69 Å². The molecule has 28 heavy (non-hydrogen) atoms. The number of fused-ring (bicyclic) bond motifs is 1. The summed E-state index contributed by atoms with van der Waals surface area (Å²) < 4.78 is 20.3. The van der Waals surface area contributed by atoms with E-state index < -0.39 is 5.82 Å². The molecule has 138 valence electrons. The first-order valence-electron chi connectivity index (χ1n) is 8.50. The highest BCUT2D eigenvalue weighted by Crippen LogP contribution is 2.31. The quantitative estimate of drug-likeness (QED) is 0.593. The van der Waals surface area contributed by atoms with Gasteiger partial charge in [0.15, 0.2) is 5.65 Å². The van der Waals surface area contributed by atoms with Crippen molar-refractivity contribution in [1.29, 1.82) is 5.26 Å². The number of aromatic nitrogens is 3. The van der Waals surface area contributed by atoms with E-state index in [0.29, 0.717) is 40.1 Å². The number of aromatic amines is 1. The number of H-pyrrole nitrogens is 1. The fourth-order valence-corrected chi connectivity index (χ4v) is 3.16. The van der Waals surface area contributed by atoms with E-state index in [4.69, 9.17) is 10.00 Å². The van der Waals surface area contributed by atoms with Gasteiger partial charge in [0, 0.05) is 23.4 Å². The van der Waals surface area contributed by atoms with Crippen LogP contribution in [0.3, 0.4) is 0 Å². The first-order valence-corrected chi connectivity index (χ1v) is 8.50. The van der Waals surface area contributed by atoms with Crippen molar-refractivity contribution in [3.63, 3.8) is 0 Å². The minimum atomic E-state index is -0.398. The van der Waals surface area contributed by atoms with Crippen molar-refractivity contribution in [3.8, 4) is 22.9 Å². The highest BCUT2D eigenvalue weighted by atomic mass is 19.1. The Morgan fingerprint density at radius 2 is 2.11 bits per heavy atom. The highest BCUT2D eigenvalue weighted by molar-refractivity contribution is 5.80. The molecule has 4 rings (SSSR count). The minimum absolute atomic E-state index is 0.292. The monoisotopic (exact) mass is 374 g/mol. The zero-order valence-electron chi connectivity index (χ0n) is 14.9. The fraction of sp³-hybridized carbons (Fsp3) is 0.0952. The van der Waals surface area contributed by atoms with Gasteiger partial charge in [0.25, 0.3) is 0 Å². The van der Waals surface area contributed by atoms with Crippen LogP contribution in [0.25, 0.3) is 22.3 Å². The lowest BCUT2D eigenvalue weighted by Crippen LogP contribution is -2.17. The molecule has 0 unspecified atom stereocenters. The molecule has 1 N–H and O–H groups in total. The van der Waals surface area contributed by atoms with Gasteiger partial charge in [0.2, 0.25) is 0 Å². The number of nitrogens with zero attached hydrogens (tertiary/aromatic N) is 3. The molecular formula is C21H15FN4O2. The molecule has 2 heterocycles. The van der Waals surface area contributed by atoms with E-state index in [-0.39, 0.29) is 5.69 Å². The number of ether oxygens (including phenoxy) is 1. The smallest absolute Gasteiger partial charge is 0.327 e. The van der Waals surface area contributed by atoms with Crippen molar-refractivity contribution in [2.75, 3.05) is 7.11 Å². The Hall–Kier alpha value is -3.92. The van der Waals surface area contributed by atoms with Crippen LogP contribution in [0.2, 0.25) is 0 Å². The van der Waals surface area contributed by atoms with Crippen LogP contribution in [0.15, 0.2) is 59.5 Å². The largest absolute Gasteiger partial charge is 0.496 e. The van der Waals surface area contributed by atoms with E-state index in [1.807, 2.05) is 12.1 Å². The Labute approximate surface area is 159 Å². The Morgan fingerprint density at radius 3 is 2.89 bits per heavy atom. The zero-order chi connectivity index (χ0) is 19.7. The number of methoxy groups -OCH3 is 1. The second-order valence-corrected chi connectivity index (χ2v) is 6.26. The summed E-state index contributed by atoms with van der Waals surface area (Å²) in [6.07, 6.45) is 1.61. The van der Waals surface area contributed by atoms with Gasteiger partial charge in [-0.15, -0.1) is 0 Å². The van der Waals surface area contributed by atoms with Crippen molar-refractivity contribution in [2.24, 2.45) is 0 Å². The number of benzene rings is 2. The maximum atomic E-state index is 13.5. The van der Waals surface area contributed by atoms with Gasteiger partial charge in [-0.1, -0.05) is 12.1 Å². The number of nitrogens with one attached hydrogen (secondary N) is 1. The average molecular weight is 374 g/mol. The topological polar surface area (TPSA) is 83.7 Å². The van der Waals surface area contributed by atoms with E-state index in [2.05, 4.69) is 16.0 Å².